The van der Waals surface area contributed by atoms with Gasteiger partial charge in [-0.2, -0.15) is 0 Å². The maximum absolute atomic E-state index is 0. The summed E-state index contributed by atoms with van der Waals surface area (Å²) in [5.41, 5.74) is 0. The SMILES string of the molecule is [Ba].[In].[P].[Si]. The molecule has 0 unspecified atom stereocenters. The topological polar surface area (TPSA) is 0 Å². The first kappa shape index (κ1) is 27.5. The Kier molecular flexibility index (Phi) is 114. The molecular formula is BaInPSi. The fourth-order valence-electron chi connectivity index (χ4n) is 0. The fraction of sp³-hybridized carbons (Fsp3) is 0. The van der Waals surface area contributed by atoms with Crippen molar-refractivity contribution in [3.8, 4) is 0 Å². The third-order valence-electron chi connectivity index (χ3n) is 0. The molecule has 0 aromatic heterocycles. The van der Waals surface area contributed by atoms with Gasteiger partial charge in [-0.25, -0.2) is 0 Å². The van der Waals surface area contributed by atoms with E-state index in [0.29, 0.717) is 0 Å². The van der Waals surface area contributed by atoms with Crippen LogP contribution >= 0.6 is 9.90 Å². The van der Waals surface area contributed by atoms with Crippen molar-refractivity contribution >= 4 is 95.6 Å². The maximum atomic E-state index is 0. The fourth-order valence-corrected chi connectivity index (χ4v) is 0. The van der Waals surface area contributed by atoms with Crippen LogP contribution in [0.4, 0.5) is 0 Å². The van der Waals surface area contributed by atoms with E-state index in [1.54, 1.807) is 0 Å². The van der Waals surface area contributed by atoms with E-state index >= 15 is 0 Å². The molecule has 0 fully saturated rings. The second kappa shape index (κ2) is 16.5. The minimum absolute atomic E-state index is 0. The van der Waals surface area contributed by atoms with E-state index in [-0.39, 0.29) is 95.6 Å². The van der Waals surface area contributed by atoms with Gasteiger partial charge in [-0.05, 0) is 0 Å². The summed E-state index contributed by atoms with van der Waals surface area (Å²) in [6, 6.07) is 0. The molecule has 0 saturated heterocycles. The number of hydrogen-bond acceptors (Lipinski definition) is 0. The van der Waals surface area contributed by atoms with Gasteiger partial charge in [-0.1, -0.05) is 0 Å². The Hall–Kier alpha value is 3.09. The van der Waals surface area contributed by atoms with Crippen LogP contribution in [0.1, 0.15) is 0 Å². The Morgan fingerprint density at radius 2 is 1.00 bits per heavy atom. The quantitative estimate of drug-likeness (QED) is 0.426. The normalized spacial score (nSPS) is 0. The molecule has 0 heterocycles. The Morgan fingerprint density at radius 3 is 1.00 bits per heavy atom. The van der Waals surface area contributed by atoms with Crippen LogP contribution in [0.15, 0.2) is 0 Å². The predicted octanol–water partition coefficient (Wildman–Crippen LogP) is -0.281. The van der Waals surface area contributed by atoms with Crippen LogP contribution < -0.4 is 0 Å². The second-order valence-electron chi connectivity index (χ2n) is 0. The van der Waals surface area contributed by atoms with Gasteiger partial charge in [-0.15, -0.1) is 0 Å². The van der Waals surface area contributed by atoms with Crippen LogP contribution in [-0.2, 0) is 0 Å². The van der Waals surface area contributed by atoms with Crippen LogP contribution in [-0.4, -0.2) is 85.7 Å². The minimum Gasteiger partial charge on any atom is 0 e. The molecule has 0 aliphatic rings. The third-order valence-corrected chi connectivity index (χ3v) is 0. The van der Waals surface area contributed by atoms with Gasteiger partial charge < -0.3 is 0 Å². The monoisotopic (exact) mass is 312 g/mol. The number of rotatable bonds is 0. The summed E-state index contributed by atoms with van der Waals surface area (Å²) in [6.45, 7) is 0. The molecule has 0 saturated carbocycles. The molecule has 0 aromatic carbocycles. The van der Waals surface area contributed by atoms with Crippen LogP contribution in [0.5, 0.6) is 0 Å². The maximum Gasteiger partial charge on any atom is 0 e. The molecule has 0 amide bonds. The van der Waals surface area contributed by atoms with E-state index in [2.05, 4.69) is 0 Å². The molecule has 14 valence electrons. The van der Waals surface area contributed by atoms with Crippen molar-refractivity contribution in [1.29, 1.82) is 0 Å². The van der Waals surface area contributed by atoms with Gasteiger partial charge >= 0.3 is 0 Å². The van der Waals surface area contributed by atoms with Gasteiger partial charge in [0.25, 0.3) is 0 Å². The molecule has 4 heteroatoms. The molecule has 0 aliphatic carbocycles. The summed E-state index contributed by atoms with van der Waals surface area (Å²) >= 11 is 0. The van der Waals surface area contributed by atoms with E-state index in [9.17, 15) is 0 Å². The van der Waals surface area contributed by atoms with Crippen molar-refractivity contribution < 1.29 is 0 Å². The van der Waals surface area contributed by atoms with Crippen LogP contribution in [0.3, 0.4) is 0 Å². The molecule has 0 aromatic rings. The van der Waals surface area contributed by atoms with Gasteiger partial charge in [-0.3, -0.25) is 0 Å². The van der Waals surface area contributed by atoms with Crippen molar-refractivity contribution in [3.63, 3.8) is 0 Å². The van der Waals surface area contributed by atoms with Crippen LogP contribution in [0, 0.1) is 0 Å². The molecule has 0 nitrogen and oxygen atoms in total. The minimum atomic E-state index is 0. The van der Waals surface area contributed by atoms with E-state index in [1.165, 1.54) is 0 Å². The van der Waals surface area contributed by atoms with Crippen LogP contribution in [0.25, 0.3) is 0 Å². The van der Waals surface area contributed by atoms with Crippen LogP contribution in [0.2, 0.25) is 0 Å². The molecule has 0 spiro atoms. The first-order valence-electron chi connectivity index (χ1n) is 0. The van der Waals surface area contributed by atoms with Crippen molar-refractivity contribution in [2.45, 2.75) is 0 Å². The van der Waals surface area contributed by atoms with Crippen molar-refractivity contribution in [1.82, 2.24) is 0 Å². The van der Waals surface area contributed by atoms with Gasteiger partial charge in [0.2, 0.25) is 0 Å². The average Bonchev–Trinajstić information content (AvgIpc) is 0. The van der Waals surface area contributed by atoms with Gasteiger partial charge in [0.15, 0.2) is 0 Å². The summed E-state index contributed by atoms with van der Waals surface area (Å²) < 4.78 is 0. The Morgan fingerprint density at radius 1 is 1.00 bits per heavy atom. The summed E-state index contributed by atoms with van der Waals surface area (Å²) in [7, 11) is 0. The molecule has 0 N–H and O–H groups in total. The Balaban J connectivity index is 0. The molecular weight excluding hydrogens is 311 g/mol. The van der Waals surface area contributed by atoms with Gasteiger partial charge in [0.05, 0.1) is 0 Å². The van der Waals surface area contributed by atoms with E-state index in [1.807, 2.05) is 0 Å². The molecule has 0 atom stereocenters. The molecule has 0 rings (SSSR count). The molecule has 0 aliphatic heterocycles. The first-order valence-corrected chi connectivity index (χ1v) is 0. The summed E-state index contributed by atoms with van der Waals surface area (Å²) in [5.74, 6) is 0. The Labute approximate surface area is 93.4 Å². The zero-order chi connectivity index (χ0) is 0. The molecule has 12 radical (unpaired) electrons. The molecule has 0 bridgehead atoms. The van der Waals surface area contributed by atoms with Crippen molar-refractivity contribution in [3.05, 3.63) is 0 Å². The van der Waals surface area contributed by atoms with Crippen molar-refractivity contribution in [2.75, 3.05) is 0 Å². The third kappa shape index (κ3) is 8.92. The summed E-state index contributed by atoms with van der Waals surface area (Å²) in [6.07, 6.45) is 0. The van der Waals surface area contributed by atoms with Crippen molar-refractivity contribution in [2.24, 2.45) is 0 Å². The average molecular weight is 311 g/mol. The van der Waals surface area contributed by atoms with E-state index in [4.69, 9.17) is 0 Å². The predicted molar refractivity (Wildman–Crippen MR) is 24.2 cm³/mol. The van der Waals surface area contributed by atoms with Gasteiger partial charge in [0, 0.05) is 95.6 Å². The zero-order valence-electron chi connectivity index (χ0n) is 2.23. The smallest absolute Gasteiger partial charge is 0 e. The first-order chi connectivity index (χ1) is 0. The standard InChI is InChI=1S/Ba.In.P.Si. The largest absolute Gasteiger partial charge is 0 e. The van der Waals surface area contributed by atoms with E-state index in [0.717, 1.165) is 0 Å². The zero-order valence-corrected chi connectivity index (χ0v) is 11.9. The number of hydrogen-bond donors (Lipinski definition) is 0. The second-order valence-corrected chi connectivity index (χ2v) is 0. The van der Waals surface area contributed by atoms with Gasteiger partial charge in [0.1, 0.15) is 0 Å². The molecule has 4 heavy (non-hydrogen) atoms. The Bertz CT molecular complexity index is 8.00. The van der Waals surface area contributed by atoms with E-state index < -0.39 is 0 Å². The summed E-state index contributed by atoms with van der Waals surface area (Å²) in [5, 5.41) is 0. The summed E-state index contributed by atoms with van der Waals surface area (Å²) in [4.78, 5) is 0.